The third-order valence-electron chi connectivity index (χ3n) is 4.52. The van der Waals surface area contributed by atoms with Crippen LogP contribution in [-0.2, 0) is 4.79 Å². The van der Waals surface area contributed by atoms with Gasteiger partial charge in [-0.3, -0.25) is 9.59 Å². The van der Waals surface area contributed by atoms with Crippen LogP contribution in [0.3, 0.4) is 0 Å². The number of pyridine rings is 1. The molecule has 0 spiro atoms. The van der Waals surface area contributed by atoms with Gasteiger partial charge in [0.25, 0.3) is 5.91 Å². The molecule has 3 N–H and O–H groups in total. The Labute approximate surface area is 163 Å². The van der Waals surface area contributed by atoms with Crippen molar-refractivity contribution in [1.29, 1.82) is 0 Å². The van der Waals surface area contributed by atoms with E-state index in [0.29, 0.717) is 24.0 Å². The van der Waals surface area contributed by atoms with Gasteiger partial charge in [-0.05, 0) is 61.4 Å². The van der Waals surface area contributed by atoms with Gasteiger partial charge in [-0.1, -0.05) is 19.9 Å². The van der Waals surface area contributed by atoms with Crippen LogP contribution in [0, 0.1) is 11.7 Å². The molecule has 1 aromatic carbocycles. The first-order chi connectivity index (χ1) is 13.3. The fourth-order valence-corrected chi connectivity index (χ4v) is 2.93. The largest absolute Gasteiger partial charge is 0.439 e. The van der Waals surface area contributed by atoms with E-state index in [-0.39, 0.29) is 17.4 Å². The van der Waals surface area contributed by atoms with Crippen LogP contribution in [0.1, 0.15) is 55.1 Å². The lowest BCUT2D eigenvalue weighted by Gasteiger charge is -2.17. The lowest BCUT2D eigenvalue weighted by Crippen LogP contribution is -2.45. The molecule has 3 rings (SSSR count). The number of hydrogen-bond donors (Lipinski definition) is 2. The zero-order chi connectivity index (χ0) is 20.3. The highest BCUT2D eigenvalue weighted by Crippen LogP contribution is 2.44. The number of halogens is 1. The number of aromatic nitrogens is 1. The van der Waals surface area contributed by atoms with E-state index >= 15 is 0 Å². The van der Waals surface area contributed by atoms with Crippen molar-refractivity contribution < 1.29 is 18.7 Å². The fraction of sp³-hybridized carbons (Fsp3) is 0.381. The van der Waals surface area contributed by atoms with Gasteiger partial charge in [-0.2, -0.15) is 0 Å². The maximum Gasteiger partial charge on any atom is 0.270 e. The van der Waals surface area contributed by atoms with Crippen LogP contribution in [0.4, 0.5) is 4.39 Å². The van der Waals surface area contributed by atoms with Crippen molar-refractivity contribution in [2.45, 2.75) is 45.1 Å². The molecular weight excluding hydrogens is 361 g/mol. The number of rotatable bonds is 8. The molecule has 1 atom stereocenters. The van der Waals surface area contributed by atoms with Gasteiger partial charge in [0.1, 0.15) is 23.3 Å². The van der Waals surface area contributed by atoms with Gasteiger partial charge in [-0.15, -0.1) is 0 Å². The van der Waals surface area contributed by atoms with E-state index in [1.54, 1.807) is 6.07 Å². The molecule has 1 fully saturated rings. The van der Waals surface area contributed by atoms with Crippen molar-refractivity contribution in [3.8, 4) is 11.6 Å². The van der Waals surface area contributed by atoms with E-state index in [1.165, 1.54) is 24.3 Å². The Balaban J connectivity index is 1.82. The first-order valence-corrected chi connectivity index (χ1v) is 9.38. The highest BCUT2D eigenvalue weighted by Gasteiger charge is 2.29. The Hall–Kier alpha value is -2.96. The highest BCUT2D eigenvalue weighted by atomic mass is 19.1. The minimum absolute atomic E-state index is 0.136. The number of ether oxygens (including phenoxy) is 1. The van der Waals surface area contributed by atoms with Crippen LogP contribution in [0.5, 0.6) is 11.6 Å². The van der Waals surface area contributed by atoms with E-state index in [1.807, 2.05) is 19.9 Å². The monoisotopic (exact) mass is 385 g/mol. The van der Waals surface area contributed by atoms with E-state index in [9.17, 15) is 14.0 Å². The summed E-state index contributed by atoms with van der Waals surface area (Å²) in [6.07, 6.45) is 2.51. The highest BCUT2D eigenvalue weighted by molar-refractivity contribution is 5.96. The van der Waals surface area contributed by atoms with Crippen LogP contribution in [0.2, 0.25) is 0 Å². The Morgan fingerprint density at radius 1 is 1.21 bits per heavy atom. The van der Waals surface area contributed by atoms with E-state index in [2.05, 4.69) is 10.3 Å². The summed E-state index contributed by atoms with van der Waals surface area (Å²) >= 11 is 0. The molecule has 148 valence electrons. The van der Waals surface area contributed by atoms with E-state index in [4.69, 9.17) is 10.5 Å². The molecular formula is C21H24FN3O3. The number of amides is 2. The van der Waals surface area contributed by atoms with Crippen molar-refractivity contribution >= 4 is 11.8 Å². The van der Waals surface area contributed by atoms with Crippen molar-refractivity contribution in [3.63, 3.8) is 0 Å². The van der Waals surface area contributed by atoms with Gasteiger partial charge in [0.15, 0.2) is 0 Å². The Bertz CT molecular complexity index is 864. The zero-order valence-electron chi connectivity index (χ0n) is 15.9. The predicted molar refractivity (Wildman–Crippen MR) is 103 cm³/mol. The average molecular weight is 385 g/mol. The maximum atomic E-state index is 13.1. The predicted octanol–water partition coefficient (Wildman–Crippen LogP) is 3.52. The first-order valence-electron chi connectivity index (χ1n) is 9.38. The smallest absolute Gasteiger partial charge is 0.270 e. The van der Waals surface area contributed by atoms with Gasteiger partial charge in [0, 0.05) is 5.56 Å². The Morgan fingerprint density at radius 2 is 1.89 bits per heavy atom. The summed E-state index contributed by atoms with van der Waals surface area (Å²) in [4.78, 5) is 28.6. The minimum atomic E-state index is -0.765. The Kier molecular flexibility index (Phi) is 5.92. The molecule has 7 heteroatoms. The zero-order valence-corrected chi connectivity index (χ0v) is 15.9. The normalized spacial score (nSPS) is 14.6. The van der Waals surface area contributed by atoms with Crippen molar-refractivity contribution in [2.24, 2.45) is 11.7 Å². The standard InChI is InChI=1S/C21H24FN3O3/c1-12(2)11-18(19(23)26)24-20(27)17-10-9-16(13-3-4-13)21(25-17)28-15-7-5-14(22)6-8-15/h5-10,12-13,18H,3-4,11H2,1-2H3,(H2,23,26)(H,24,27). The lowest BCUT2D eigenvalue weighted by atomic mass is 10.0. The third kappa shape index (κ3) is 5.06. The van der Waals surface area contributed by atoms with Crippen LogP contribution >= 0.6 is 0 Å². The average Bonchev–Trinajstić information content (AvgIpc) is 3.47. The molecule has 0 aliphatic heterocycles. The Morgan fingerprint density at radius 3 is 2.46 bits per heavy atom. The van der Waals surface area contributed by atoms with Crippen molar-refractivity contribution in [2.75, 3.05) is 0 Å². The quantitative estimate of drug-likeness (QED) is 0.727. The number of nitrogens with two attached hydrogens (primary N) is 1. The number of hydrogen-bond acceptors (Lipinski definition) is 4. The molecule has 2 aromatic rings. The van der Waals surface area contributed by atoms with Gasteiger partial charge in [0.2, 0.25) is 11.8 Å². The summed E-state index contributed by atoms with van der Waals surface area (Å²) in [6, 6.07) is 8.28. The summed E-state index contributed by atoms with van der Waals surface area (Å²) in [5.41, 5.74) is 6.45. The number of nitrogens with one attached hydrogen (secondary N) is 1. The van der Waals surface area contributed by atoms with Crippen LogP contribution < -0.4 is 15.8 Å². The van der Waals surface area contributed by atoms with Gasteiger partial charge in [0.05, 0.1) is 0 Å². The number of carbonyl (C=O) groups excluding carboxylic acids is 2. The number of nitrogens with zero attached hydrogens (tertiary/aromatic N) is 1. The first kappa shape index (κ1) is 19.8. The molecule has 0 bridgehead atoms. The van der Waals surface area contributed by atoms with Gasteiger partial charge in [-0.25, -0.2) is 9.37 Å². The van der Waals surface area contributed by atoms with Crippen molar-refractivity contribution in [1.82, 2.24) is 10.3 Å². The molecule has 0 radical (unpaired) electrons. The van der Waals surface area contributed by atoms with Crippen LogP contribution in [-0.4, -0.2) is 22.8 Å². The van der Waals surface area contributed by atoms with E-state index < -0.39 is 17.9 Å². The molecule has 1 aliphatic rings. The summed E-state index contributed by atoms with van der Waals surface area (Å²) < 4.78 is 19.0. The molecule has 1 aromatic heterocycles. The van der Waals surface area contributed by atoms with Crippen molar-refractivity contribution in [3.05, 3.63) is 53.5 Å². The summed E-state index contributed by atoms with van der Waals surface area (Å²) in [5, 5.41) is 2.65. The number of primary amides is 1. The second kappa shape index (κ2) is 8.37. The van der Waals surface area contributed by atoms with E-state index in [0.717, 1.165) is 18.4 Å². The topological polar surface area (TPSA) is 94.3 Å². The molecule has 28 heavy (non-hydrogen) atoms. The molecule has 1 unspecified atom stereocenters. The van der Waals surface area contributed by atoms with Crippen LogP contribution in [0.15, 0.2) is 36.4 Å². The minimum Gasteiger partial charge on any atom is -0.439 e. The van der Waals surface area contributed by atoms with Gasteiger partial charge < -0.3 is 15.8 Å². The number of benzene rings is 1. The summed E-state index contributed by atoms with van der Waals surface area (Å²) in [7, 11) is 0. The number of carbonyl (C=O) groups is 2. The summed E-state index contributed by atoms with van der Waals surface area (Å²) in [5.74, 6) is -0.141. The molecule has 1 saturated carbocycles. The second-order valence-electron chi connectivity index (χ2n) is 7.48. The second-order valence-corrected chi connectivity index (χ2v) is 7.48. The molecule has 0 saturated heterocycles. The molecule has 1 aliphatic carbocycles. The molecule has 1 heterocycles. The fourth-order valence-electron chi connectivity index (χ4n) is 2.93. The van der Waals surface area contributed by atoms with Gasteiger partial charge >= 0.3 is 0 Å². The SMILES string of the molecule is CC(C)CC(NC(=O)c1ccc(C2CC2)c(Oc2ccc(F)cc2)n1)C(N)=O. The van der Waals surface area contributed by atoms with Crippen LogP contribution in [0.25, 0.3) is 0 Å². The molecule has 2 amide bonds. The summed E-state index contributed by atoms with van der Waals surface area (Å²) in [6.45, 7) is 3.89. The molecule has 6 nitrogen and oxygen atoms in total. The third-order valence-corrected chi connectivity index (χ3v) is 4.52. The lowest BCUT2D eigenvalue weighted by molar-refractivity contribution is -0.120. The maximum absolute atomic E-state index is 13.1.